The normalized spacial score (nSPS) is 16.0. The van der Waals surface area contributed by atoms with Gasteiger partial charge in [-0.15, -0.1) is 0 Å². The molecule has 1 aromatic heterocycles. The van der Waals surface area contributed by atoms with E-state index >= 15 is 0 Å². The van der Waals surface area contributed by atoms with Gasteiger partial charge < -0.3 is 14.7 Å². The summed E-state index contributed by atoms with van der Waals surface area (Å²) in [5.74, 6) is 0. The number of fused-ring (bicyclic) bond motifs is 1. The molecule has 3 rings (SSSR count). The van der Waals surface area contributed by atoms with Gasteiger partial charge in [-0.25, -0.2) is 0 Å². The molecule has 1 aliphatic rings. The van der Waals surface area contributed by atoms with Crippen molar-refractivity contribution < 1.29 is 9.66 Å². The number of rotatable bonds is 3. The fraction of sp³-hybridized carbons (Fsp3) is 0.385. The molecule has 1 aromatic carbocycles. The minimum Gasteiger partial charge on any atom is -0.379 e. The molecule has 0 bridgehead atoms. The average molecular weight is 306 g/mol. The lowest BCUT2D eigenvalue weighted by Gasteiger charge is -2.26. The van der Waals surface area contributed by atoms with Gasteiger partial charge in [0, 0.05) is 31.8 Å². The predicted molar refractivity (Wildman–Crippen MR) is 77.9 cm³/mol. The number of hydrogen-bond acceptors (Lipinski definition) is 6. The molecule has 0 amide bonds. The fourth-order valence-corrected chi connectivity index (χ4v) is 2.51. The number of benzene rings is 1. The molecular weight excluding hydrogens is 292 g/mol. The van der Waals surface area contributed by atoms with E-state index in [-0.39, 0.29) is 11.2 Å². The predicted octanol–water partition coefficient (Wildman–Crippen LogP) is -0.0432. The van der Waals surface area contributed by atoms with Crippen LogP contribution in [0.1, 0.15) is 5.56 Å². The van der Waals surface area contributed by atoms with Crippen molar-refractivity contribution in [3.05, 3.63) is 48.5 Å². The van der Waals surface area contributed by atoms with E-state index in [4.69, 9.17) is 4.74 Å². The number of H-pyrrole nitrogens is 2. The van der Waals surface area contributed by atoms with Gasteiger partial charge in [0.25, 0.3) is 5.69 Å². The van der Waals surface area contributed by atoms with Gasteiger partial charge in [-0.05, 0) is 5.56 Å². The Kier molecular flexibility index (Phi) is 3.73. The highest BCUT2D eigenvalue weighted by atomic mass is 16.6. The van der Waals surface area contributed by atoms with Crippen molar-refractivity contribution in [1.29, 1.82) is 0 Å². The van der Waals surface area contributed by atoms with E-state index in [9.17, 15) is 19.7 Å². The first-order valence-electron chi connectivity index (χ1n) is 6.78. The summed E-state index contributed by atoms with van der Waals surface area (Å²) in [6, 6.07) is 2.67. The molecule has 9 heteroatoms. The van der Waals surface area contributed by atoms with Crippen LogP contribution >= 0.6 is 0 Å². The van der Waals surface area contributed by atoms with Crippen molar-refractivity contribution in [1.82, 2.24) is 14.9 Å². The maximum Gasteiger partial charge on any atom is 0.314 e. The van der Waals surface area contributed by atoms with Crippen LogP contribution < -0.4 is 11.1 Å². The zero-order chi connectivity index (χ0) is 15.7. The van der Waals surface area contributed by atoms with Crippen molar-refractivity contribution in [3.8, 4) is 0 Å². The molecule has 2 heterocycles. The highest BCUT2D eigenvalue weighted by Gasteiger charge is 2.17. The Morgan fingerprint density at radius 2 is 1.86 bits per heavy atom. The quantitative estimate of drug-likeness (QED) is 0.466. The standard InChI is InChI=1S/C13H14N4O5/c18-12-13(19)15-11-8(7-16-1-3-22-4-2-16)5-9(17(20)21)6-10(11)14-12/h5-6H,1-4,7H2,(H,14,18)(H,15,19). The number of aromatic nitrogens is 2. The Morgan fingerprint density at radius 1 is 1.18 bits per heavy atom. The fourth-order valence-electron chi connectivity index (χ4n) is 2.51. The van der Waals surface area contributed by atoms with Crippen molar-refractivity contribution in [3.63, 3.8) is 0 Å². The van der Waals surface area contributed by atoms with Gasteiger partial charge in [-0.3, -0.25) is 24.6 Å². The average Bonchev–Trinajstić information content (AvgIpc) is 2.50. The molecule has 0 saturated carbocycles. The van der Waals surface area contributed by atoms with Crippen LogP contribution in [0.15, 0.2) is 21.7 Å². The molecule has 0 atom stereocenters. The lowest BCUT2D eigenvalue weighted by atomic mass is 10.1. The van der Waals surface area contributed by atoms with Crippen molar-refractivity contribution in [2.75, 3.05) is 26.3 Å². The molecule has 0 aliphatic carbocycles. The van der Waals surface area contributed by atoms with Gasteiger partial charge in [-0.1, -0.05) is 0 Å². The number of nitro benzene ring substituents is 1. The van der Waals surface area contributed by atoms with Gasteiger partial charge >= 0.3 is 11.1 Å². The van der Waals surface area contributed by atoms with Crippen LogP contribution in [-0.4, -0.2) is 46.1 Å². The monoisotopic (exact) mass is 306 g/mol. The summed E-state index contributed by atoms with van der Waals surface area (Å²) >= 11 is 0. The second-order valence-corrected chi connectivity index (χ2v) is 5.08. The zero-order valence-corrected chi connectivity index (χ0v) is 11.6. The number of non-ortho nitro benzene ring substituents is 1. The lowest BCUT2D eigenvalue weighted by Crippen LogP contribution is -2.36. The maximum absolute atomic E-state index is 11.5. The third-order valence-electron chi connectivity index (χ3n) is 3.61. The molecule has 0 spiro atoms. The number of nitrogens with zero attached hydrogens (tertiary/aromatic N) is 2. The Bertz CT molecular complexity index is 834. The highest BCUT2D eigenvalue weighted by Crippen LogP contribution is 2.23. The summed E-state index contributed by atoms with van der Waals surface area (Å²) in [6.07, 6.45) is 0. The van der Waals surface area contributed by atoms with Crippen LogP contribution in [0.2, 0.25) is 0 Å². The summed E-state index contributed by atoms with van der Waals surface area (Å²) in [4.78, 5) is 40.4. The van der Waals surface area contributed by atoms with E-state index in [2.05, 4.69) is 14.9 Å². The number of nitro groups is 1. The Hall–Kier alpha value is -2.52. The van der Waals surface area contributed by atoms with Gasteiger partial charge in [0.15, 0.2) is 0 Å². The van der Waals surface area contributed by atoms with Crippen LogP contribution in [0.4, 0.5) is 5.69 Å². The van der Waals surface area contributed by atoms with E-state index in [1.807, 2.05) is 0 Å². The summed E-state index contributed by atoms with van der Waals surface area (Å²) in [5, 5.41) is 11.0. The first kappa shape index (κ1) is 14.4. The molecule has 22 heavy (non-hydrogen) atoms. The second-order valence-electron chi connectivity index (χ2n) is 5.08. The van der Waals surface area contributed by atoms with Gasteiger partial charge in [0.05, 0.1) is 29.2 Å². The van der Waals surface area contributed by atoms with Crippen LogP contribution in [0.5, 0.6) is 0 Å². The molecule has 1 fully saturated rings. The van der Waals surface area contributed by atoms with Crippen molar-refractivity contribution >= 4 is 16.7 Å². The first-order valence-corrected chi connectivity index (χ1v) is 6.78. The second kappa shape index (κ2) is 5.70. The van der Waals surface area contributed by atoms with Crippen LogP contribution in [0.25, 0.3) is 11.0 Å². The number of nitrogens with one attached hydrogen (secondary N) is 2. The molecule has 9 nitrogen and oxygen atoms in total. The molecule has 116 valence electrons. The third kappa shape index (κ3) is 2.76. The zero-order valence-electron chi connectivity index (χ0n) is 11.6. The van der Waals surface area contributed by atoms with Crippen LogP contribution in [0, 0.1) is 10.1 Å². The molecular formula is C13H14N4O5. The number of morpholine rings is 1. The number of ether oxygens (including phenoxy) is 1. The van der Waals surface area contributed by atoms with E-state index < -0.39 is 16.0 Å². The van der Waals surface area contributed by atoms with Crippen molar-refractivity contribution in [2.24, 2.45) is 0 Å². The maximum atomic E-state index is 11.5. The summed E-state index contributed by atoms with van der Waals surface area (Å²) in [7, 11) is 0. The number of aromatic amines is 2. The van der Waals surface area contributed by atoms with E-state index in [0.29, 0.717) is 43.9 Å². The summed E-state index contributed by atoms with van der Waals surface area (Å²) in [5.41, 5.74) is -0.462. The van der Waals surface area contributed by atoms with E-state index in [0.717, 1.165) is 0 Å². The minimum absolute atomic E-state index is 0.126. The first-order chi connectivity index (χ1) is 10.5. The van der Waals surface area contributed by atoms with Gasteiger partial charge in [-0.2, -0.15) is 0 Å². The third-order valence-corrected chi connectivity index (χ3v) is 3.61. The Balaban J connectivity index is 2.12. The summed E-state index contributed by atoms with van der Waals surface area (Å²) < 4.78 is 5.27. The molecule has 1 saturated heterocycles. The van der Waals surface area contributed by atoms with E-state index in [1.54, 1.807) is 0 Å². The molecule has 1 aliphatic heterocycles. The topological polar surface area (TPSA) is 121 Å². The highest BCUT2D eigenvalue weighted by molar-refractivity contribution is 5.80. The van der Waals surface area contributed by atoms with Crippen LogP contribution in [0.3, 0.4) is 0 Å². The van der Waals surface area contributed by atoms with Crippen LogP contribution in [-0.2, 0) is 11.3 Å². The molecule has 2 N–H and O–H groups in total. The van der Waals surface area contributed by atoms with Gasteiger partial charge in [0.2, 0.25) is 0 Å². The molecule has 2 aromatic rings. The number of hydrogen-bond donors (Lipinski definition) is 2. The van der Waals surface area contributed by atoms with E-state index in [1.165, 1.54) is 12.1 Å². The largest absolute Gasteiger partial charge is 0.379 e. The SMILES string of the molecule is O=c1[nH]c2cc([N+](=O)[O-])cc(CN3CCOCC3)c2[nH]c1=O. The Labute approximate surface area is 123 Å². The smallest absolute Gasteiger partial charge is 0.314 e. The Morgan fingerprint density at radius 3 is 2.55 bits per heavy atom. The van der Waals surface area contributed by atoms with Gasteiger partial charge in [0.1, 0.15) is 0 Å². The molecule has 0 unspecified atom stereocenters. The van der Waals surface area contributed by atoms with Crippen molar-refractivity contribution in [2.45, 2.75) is 6.54 Å². The summed E-state index contributed by atoms with van der Waals surface area (Å²) in [6.45, 7) is 3.04. The molecule has 0 radical (unpaired) electrons. The lowest BCUT2D eigenvalue weighted by molar-refractivity contribution is -0.384. The minimum atomic E-state index is -0.828.